The van der Waals surface area contributed by atoms with Gasteiger partial charge in [-0.2, -0.15) is 0 Å². The molecule has 1 saturated heterocycles. The lowest BCUT2D eigenvalue weighted by molar-refractivity contribution is 0.225. The number of rotatable bonds is 3. The fourth-order valence-electron chi connectivity index (χ4n) is 1.84. The van der Waals surface area contributed by atoms with Crippen LogP contribution >= 0.6 is 0 Å². The van der Waals surface area contributed by atoms with Crippen LogP contribution in [0.4, 0.5) is 0 Å². The number of hydrogen-bond acceptors (Lipinski definition) is 2. The Balaban J connectivity index is 2.46. The Bertz CT molecular complexity index is 175. The van der Waals surface area contributed by atoms with Gasteiger partial charge in [-0.05, 0) is 25.8 Å². The van der Waals surface area contributed by atoms with Crippen LogP contribution in [0.25, 0.3) is 0 Å². The summed E-state index contributed by atoms with van der Waals surface area (Å²) in [6, 6.07) is 0.657. The lowest BCUT2D eigenvalue weighted by Crippen LogP contribution is -2.44. The molecule has 0 radical (unpaired) electrons. The molecule has 0 aromatic carbocycles. The first-order valence-corrected chi connectivity index (χ1v) is 5.26. The second kappa shape index (κ2) is 4.66. The van der Waals surface area contributed by atoms with Gasteiger partial charge in [-0.15, -0.1) is 0 Å². The summed E-state index contributed by atoms with van der Waals surface area (Å²) in [5.41, 5.74) is 1.29. The van der Waals surface area contributed by atoms with E-state index in [1.54, 1.807) is 0 Å². The smallest absolute Gasteiger partial charge is 0.0328 e. The molecule has 1 unspecified atom stereocenters. The van der Waals surface area contributed by atoms with Crippen molar-refractivity contribution in [2.75, 3.05) is 20.1 Å². The number of nitrogens with zero attached hydrogens (tertiary/aromatic N) is 1. The first kappa shape index (κ1) is 10.6. The first-order chi connectivity index (χ1) is 6.15. The third kappa shape index (κ3) is 2.73. The third-order valence-electron chi connectivity index (χ3n) is 2.90. The SMILES string of the molecule is C=C(C(C)C)N1CCCC(NC)C1. The van der Waals surface area contributed by atoms with Crippen LogP contribution in [0, 0.1) is 5.92 Å². The van der Waals surface area contributed by atoms with E-state index in [0.29, 0.717) is 12.0 Å². The average molecular weight is 182 g/mol. The summed E-state index contributed by atoms with van der Waals surface area (Å²) in [4.78, 5) is 2.43. The molecule has 1 aliphatic rings. The molecule has 1 atom stereocenters. The Labute approximate surface area is 82.0 Å². The molecule has 1 heterocycles. The third-order valence-corrected chi connectivity index (χ3v) is 2.90. The molecule has 1 fully saturated rings. The highest BCUT2D eigenvalue weighted by Gasteiger charge is 2.20. The number of piperidine rings is 1. The Morgan fingerprint density at radius 1 is 1.54 bits per heavy atom. The van der Waals surface area contributed by atoms with E-state index >= 15 is 0 Å². The summed E-state index contributed by atoms with van der Waals surface area (Å²) < 4.78 is 0. The molecule has 1 aliphatic heterocycles. The van der Waals surface area contributed by atoms with Gasteiger partial charge in [0, 0.05) is 24.8 Å². The predicted octanol–water partition coefficient (Wildman–Crippen LogP) is 1.84. The van der Waals surface area contributed by atoms with Gasteiger partial charge in [0.05, 0.1) is 0 Å². The lowest BCUT2D eigenvalue weighted by Gasteiger charge is -2.36. The van der Waals surface area contributed by atoms with Crippen LogP contribution in [0.15, 0.2) is 12.3 Å². The molecule has 2 nitrogen and oxygen atoms in total. The van der Waals surface area contributed by atoms with Crippen LogP contribution in [-0.4, -0.2) is 31.1 Å². The Morgan fingerprint density at radius 2 is 2.23 bits per heavy atom. The second-order valence-electron chi connectivity index (χ2n) is 4.22. The molecule has 0 aromatic heterocycles. The summed E-state index contributed by atoms with van der Waals surface area (Å²) in [6.45, 7) is 10.9. The van der Waals surface area contributed by atoms with E-state index in [9.17, 15) is 0 Å². The minimum Gasteiger partial charge on any atom is -0.374 e. The maximum atomic E-state index is 4.14. The van der Waals surface area contributed by atoms with Crippen molar-refractivity contribution < 1.29 is 0 Å². The van der Waals surface area contributed by atoms with Crippen LogP contribution < -0.4 is 5.32 Å². The largest absolute Gasteiger partial charge is 0.374 e. The quantitative estimate of drug-likeness (QED) is 0.716. The highest BCUT2D eigenvalue weighted by atomic mass is 15.2. The van der Waals surface area contributed by atoms with E-state index < -0.39 is 0 Å². The van der Waals surface area contributed by atoms with Crippen molar-refractivity contribution in [2.45, 2.75) is 32.7 Å². The molecule has 0 amide bonds. The maximum absolute atomic E-state index is 4.14. The number of likely N-dealkylation sites (N-methyl/N-ethyl adjacent to an activating group) is 1. The van der Waals surface area contributed by atoms with Crippen molar-refractivity contribution in [3.63, 3.8) is 0 Å². The maximum Gasteiger partial charge on any atom is 0.0328 e. The summed E-state index contributed by atoms with van der Waals surface area (Å²) >= 11 is 0. The van der Waals surface area contributed by atoms with Gasteiger partial charge in [-0.25, -0.2) is 0 Å². The van der Waals surface area contributed by atoms with Gasteiger partial charge in [-0.1, -0.05) is 20.4 Å². The van der Waals surface area contributed by atoms with Crippen molar-refractivity contribution in [3.05, 3.63) is 12.3 Å². The van der Waals surface area contributed by atoms with Gasteiger partial charge in [0.2, 0.25) is 0 Å². The van der Waals surface area contributed by atoms with Gasteiger partial charge in [0.1, 0.15) is 0 Å². The van der Waals surface area contributed by atoms with E-state index in [4.69, 9.17) is 0 Å². The molecule has 76 valence electrons. The standard InChI is InChI=1S/C11H22N2/c1-9(2)10(3)13-7-5-6-11(8-13)12-4/h9,11-12H,3,5-8H2,1-2,4H3. The predicted molar refractivity (Wildman–Crippen MR) is 57.6 cm³/mol. The fraction of sp³-hybridized carbons (Fsp3) is 0.818. The molecule has 0 aliphatic carbocycles. The minimum atomic E-state index is 0.579. The summed E-state index contributed by atoms with van der Waals surface area (Å²) in [6.07, 6.45) is 2.59. The lowest BCUT2D eigenvalue weighted by atomic mass is 10.0. The van der Waals surface area contributed by atoms with Gasteiger partial charge in [0.25, 0.3) is 0 Å². The van der Waals surface area contributed by atoms with E-state index in [1.807, 2.05) is 7.05 Å². The molecule has 0 bridgehead atoms. The molecule has 0 aromatic rings. The summed E-state index contributed by atoms with van der Waals surface area (Å²) in [5, 5.41) is 3.34. The molecule has 0 saturated carbocycles. The molecule has 1 N–H and O–H groups in total. The highest BCUT2D eigenvalue weighted by molar-refractivity contribution is 4.99. The molecule has 13 heavy (non-hydrogen) atoms. The van der Waals surface area contributed by atoms with Crippen molar-refractivity contribution in [3.8, 4) is 0 Å². The van der Waals surface area contributed by atoms with E-state index in [2.05, 4.69) is 30.6 Å². The molecule has 1 rings (SSSR count). The van der Waals surface area contributed by atoms with E-state index in [-0.39, 0.29) is 0 Å². The minimum absolute atomic E-state index is 0.579. The van der Waals surface area contributed by atoms with Crippen LogP contribution in [0.3, 0.4) is 0 Å². The van der Waals surface area contributed by atoms with Crippen molar-refractivity contribution in [1.82, 2.24) is 10.2 Å². The number of likely N-dealkylation sites (tertiary alicyclic amines) is 1. The van der Waals surface area contributed by atoms with Crippen LogP contribution in [0.2, 0.25) is 0 Å². The highest BCUT2D eigenvalue weighted by Crippen LogP contribution is 2.18. The second-order valence-corrected chi connectivity index (χ2v) is 4.22. The van der Waals surface area contributed by atoms with Gasteiger partial charge >= 0.3 is 0 Å². The Kier molecular flexibility index (Phi) is 3.79. The Hall–Kier alpha value is -0.500. The number of nitrogens with one attached hydrogen (secondary N) is 1. The molecular weight excluding hydrogens is 160 g/mol. The van der Waals surface area contributed by atoms with Gasteiger partial charge in [-0.3, -0.25) is 0 Å². The van der Waals surface area contributed by atoms with Crippen LogP contribution in [0.1, 0.15) is 26.7 Å². The van der Waals surface area contributed by atoms with Crippen molar-refractivity contribution >= 4 is 0 Å². The monoisotopic (exact) mass is 182 g/mol. The van der Waals surface area contributed by atoms with Gasteiger partial charge < -0.3 is 10.2 Å². The number of hydrogen-bond donors (Lipinski definition) is 1. The first-order valence-electron chi connectivity index (χ1n) is 5.26. The van der Waals surface area contributed by atoms with Crippen molar-refractivity contribution in [2.24, 2.45) is 5.92 Å². The Morgan fingerprint density at radius 3 is 2.77 bits per heavy atom. The topological polar surface area (TPSA) is 15.3 Å². The fourth-order valence-corrected chi connectivity index (χ4v) is 1.84. The zero-order valence-electron chi connectivity index (χ0n) is 9.14. The number of allylic oxidation sites excluding steroid dienone is 1. The average Bonchev–Trinajstić information content (AvgIpc) is 2.16. The molecule has 0 spiro atoms. The normalized spacial score (nSPS) is 23.7. The zero-order chi connectivity index (χ0) is 9.84. The molecular formula is C11H22N2. The van der Waals surface area contributed by atoms with E-state index in [0.717, 1.165) is 6.54 Å². The van der Waals surface area contributed by atoms with Gasteiger partial charge in [0.15, 0.2) is 0 Å². The summed E-state index contributed by atoms with van der Waals surface area (Å²) in [7, 11) is 2.05. The van der Waals surface area contributed by atoms with Crippen LogP contribution in [-0.2, 0) is 0 Å². The molecule has 2 heteroatoms. The van der Waals surface area contributed by atoms with Crippen molar-refractivity contribution in [1.29, 1.82) is 0 Å². The van der Waals surface area contributed by atoms with Crippen LogP contribution in [0.5, 0.6) is 0 Å². The van der Waals surface area contributed by atoms with E-state index in [1.165, 1.54) is 25.1 Å². The summed E-state index contributed by atoms with van der Waals surface area (Å²) in [5.74, 6) is 0.579. The zero-order valence-corrected chi connectivity index (χ0v) is 9.14.